The van der Waals surface area contributed by atoms with Crippen LogP contribution in [0.1, 0.15) is 58.9 Å². The number of thiazole rings is 1. The molecule has 4 rings (SSSR count). The van der Waals surface area contributed by atoms with Gasteiger partial charge >= 0.3 is 0 Å². The van der Waals surface area contributed by atoms with Crippen molar-refractivity contribution in [3.63, 3.8) is 0 Å². The maximum absolute atomic E-state index is 13.2. The van der Waals surface area contributed by atoms with Crippen molar-refractivity contribution in [2.75, 3.05) is 13.1 Å². The normalized spacial score (nSPS) is 17.2. The second-order valence-corrected chi connectivity index (χ2v) is 8.23. The highest BCUT2D eigenvalue weighted by Crippen LogP contribution is 2.28. The molecule has 28 heavy (non-hydrogen) atoms. The zero-order valence-electron chi connectivity index (χ0n) is 16.8. The number of nitrogens with zero attached hydrogens (tertiary/aromatic N) is 5. The molecule has 1 aliphatic heterocycles. The van der Waals surface area contributed by atoms with Crippen LogP contribution in [-0.4, -0.2) is 43.0 Å². The smallest absolute Gasteiger partial charge is 0.255 e. The summed E-state index contributed by atoms with van der Waals surface area (Å²) in [7, 11) is 0. The largest absolute Gasteiger partial charge is 0.349 e. The average molecular weight is 398 g/mol. The first-order valence-corrected chi connectivity index (χ1v) is 10.9. The minimum Gasteiger partial charge on any atom is -0.349 e. The van der Waals surface area contributed by atoms with Crippen LogP contribution in [0.3, 0.4) is 0 Å². The van der Waals surface area contributed by atoms with Crippen molar-refractivity contribution < 1.29 is 4.79 Å². The molecule has 0 aromatic carbocycles. The van der Waals surface area contributed by atoms with E-state index in [1.165, 1.54) is 0 Å². The minimum absolute atomic E-state index is 0.148. The van der Waals surface area contributed by atoms with Gasteiger partial charge in [0.05, 0.1) is 23.3 Å². The van der Waals surface area contributed by atoms with Gasteiger partial charge in [0.1, 0.15) is 5.82 Å². The van der Waals surface area contributed by atoms with E-state index in [1.54, 1.807) is 11.3 Å². The molecule has 0 radical (unpaired) electrons. The van der Waals surface area contributed by atoms with Crippen LogP contribution in [0.5, 0.6) is 0 Å². The van der Waals surface area contributed by atoms with Crippen LogP contribution in [0.15, 0.2) is 29.4 Å². The molecule has 6 nitrogen and oxygen atoms in total. The molecule has 0 bridgehead atoms. The Bertz CT molecular complexity index is 956. The molecule has 0 N–H and O–H groups in total. The van der Waals surface area contributed by atoms with Gasteiger partial charge in [-0.1, -0.05) is 0 Å². The lowest BCUT2D eigenvalue weighted by Gasteiger charge is -2.32. The first-order valence-electron chi connectivity index (χ1n) is 9.92. The Labute approximate surface area is 169 Å². The van der Waals surface area contributed by atoms with Crippen molar-refractivity contribution >= 4 is 17.2 Å². The maximum Gasteiger partial charge on any atom is 0.255 e. The van der Waals surface area contributed by atoms with E-state index in [-0.39, 0.29) is 11.8 Å². The highest BCUT2D eigenvalue weighted by atomic mass is 32.1. The summed E-state index contributed by atoms with van der Waals surface area (Å²) in [6.45, 7) is 9.41. The van der Waals surface area contributed by atoms with Crippen LogP contribution in [0.2, 0.25) is 0 Å². The maximum atomic E-state index is 13.2. The first kappa shape index (κ1) is 18.9. The number of carbonyl (C=O) groups is 1. The number of hydrogen-bond acceptors (Lipinski definition) is 4. The van der Waals surface area contributed by atoms with Crippen molar-refractivity contribution in [3.05, 3.63) is 57.8 Å². The third kappa shape index (κ3) is 3.51. The molecule has 4 heterocycles. The zero-order chi connectivity index (χ0) is 19.7. The number of aromatic nitrogens is 4. The molecule has 1 atom stereocenters. The predicted octanol–water partition coefficient (Wildman–Crippen LogP) is 3.85. The summed E-state index contributed by atoms with van der Waals surface area (Å²) >= 11 is 1.61. The number of amides is 1. The lowest BCUT2D eigenvalue weighted by atomic mass is 9.96. The Morgan fingerprint density at radius 3 is 2.89 bits per heavy atom. The Hall–Kier alpha value is -2.41. The van der Waals surface area contributed by atoms with Gasteiger partial charge in [-0.3, -0.25) is 4.79 Å². The van der Waals surface area contributed by atoms with E-state index >= 15 is 0 Å². The molecular formula is C21H27N5OS. The molecule has 7 heteroatoms. The number of imidazole rings is 1. The molecule has 1 fully saturated rings. The number of piperidine rings is 1. The average Bonchev–Trinajstić information content (AvgIpc) is 3.43. The van der Waals surface area contributed by atoms with Crippen LogP contribution in [0.4, 0.5) is 0 Å². The highest BCUT2D eigenvalue weighted by molar-refractivity contribution is 7.07. The molecule has 3 aromatic heterocycles. The number of carbonyl (C=O) groups excluding carboxylic acids is 1. The van der Waals surface area contributed by atoms with E-state index < -0.39 is 0 Å². The third-order valence-electron chi connectivity index (χ3n) is 5.76. The van der Waals surface area contributed by atoms with Gasteiger partial charge in [0.2, 0.25) is 0 Å². The number of aryl methyl sites for hydroxylation is 1. The Morgan fingerprint density at radius 1 is 1.32 bits per heavy atom. The quantitative estimate of drug-likeness (QED) is 0.657. The van der Waals surface area contributed by atoms with Crippen LogP contribution < -0.4 is 0 Å². The summed E-state index contributed by atoms with van der Waals surface area (Å²) in [6.07, 6.45) is 5.94. The van der Waals surface area contributed by atoms with Gasteiger partial charge in [0.15, 0.2) is 0 Å². The number of rotatable bonds is 5. The van der Waals surface area contributed by atoms with Crippen molar-refractivity contribution in [2.24, 2.45) is 0 Å². The summed E-state index contributed by atoms with van der Waals surface area (Å²) in [5.74, 6) is 1.47. The van der Waals surface area contributed by atoms with Gasteiger partial charge in [-0.25, -0.2) is 9.97 Å². The van der Waals surface area contributed by atoms with Gasteiger partial charge in [-0.15, -0.1) is 11.3 Å². The van der Waals surface area contributed by atoms with E-state index in [2.05, 4.69) is 38.3 Å². The molecule has 1 aliphatic rings. The fourth-order valence-electron chi connectivity index (χ4n) is 4.35. The molecule has 3 aromatic rings. The summed E-state index contributed by atoms with van der Waals surface area (Å²) in [6, 6.07) is 2.04. The fourth-order valence-corrected chi connectivity index (χ4v) is 4.90. The van der Waals surface area contributed by atoms with Gasteiger partial charge in [0.25, 0.3) is 5.91 Å². The third-order valence-corrected chi connectivity index (χ3v) is 6.39. The summed E-state index contributed by atoms with van der Waals surface area (Å²) < 4.78 is 4.38. The van der Waals surface area contributed by atoms with Gasteiger partial charge < -0.3 is 14.0 Å². The van der Waals surface area contributed by atoms with Crippen LogP contribution in [0.25, 0.3) is 0 Å². The number of likely N-dealkylation sites (tertiary alicyclic amines) is 1. The van der Waals surface area contributed by atoms with Gasteiger partial charge in [0, 0.05) is 54.7 Å². The molecule has 1 saturated heterocycles. The second kappa shape index (κ2) is 7.91. The van der Waals surface area contributed by atoms with Crippen molar-refractivity contribution in [2.45, 2.75) is 52.6 Å². The van der Waals surface area contributed by atoms with Crippen molar-refractivity contribution in [1.82, 2.24) is 24.0 Å². The monoisotopic (exact) mass is 397 g/mol. The summed E-state index contributed by atoms with van der Waals surface area (Å²) in [4.78, 5) is 24.3. The predicted molar refractivity (Wildman–Crippen MR) is 111 cm³/mol. The van der Waals surface area contributed by atoms with Gasteiger partial charge in [-0.05, 0) is 39.7 Å². The van der Waals surface area contributed by atoms with E-state index in [0.717, 1.165) is 67.5 Å². The van der Waals surface area contributed by atoms with Crippen LogP contribution in [-0.2, 0) is 13.1 Å². The molecule has 0 aliphatic carbocycles. The number of hydrogen-bond donors (Lipinski definition) is 0. The Kier molecular flexibility index (Phi) is 5.35. The zero-order valence-corrected chi connectivity index (χ0v) is 17.6. The van der Waals surface area contributed by atoms with Gasteiger partial charge in [-0.2, -0.15) is 0 Å². The fraction of sp³-hybridized carbons (Fsp3) is 0.476. The Morgan fingerprint density at radius 2 is 2.18 bits per heavy atom. The van der Waals surface area contributed by atoms with Crippen LogP contribution >= 0.6 is 11.3 Å². The van der Waals surface area contributed by atoms with E-state index in [0.29, 0.717) is 0 Å². The topological polar surface area (TPSA) is 56.0 Å². The summed E-state index contributed by atoms with van der Waals surface area (Å²) in [5, 5.41) is 2.07. The van der Waals surface area contributed by atoms with E-state index in [9.17, 15) is 4.79 Å². The lowest BCUT2D eigenvalue weighted by molar-refractivity contribution is 0.0702. The Balaban J connectivity index is 1.52. The molecule has 0 saturated carbocycles. The molecular weight excluding hydrogens is 370 g/mol. The first-order chi connectivity index (χ1) is 13.6. The van der Waals surface area contributed by atoms with E-state index in [4.69, 9.17) is 0 Å². The highest BCUT2D eigenvalue weighted by Gasteiger charge is 2.29. The minimum atomic E-state index is 0.148. The SMILES string of the molecule is CCn1c(C)cc(C(=O)N2CCCC(c3nccn3Cc3cscn3)C2)c1C. The summed E-state index contributed by atoms with van der Waals surface area (Å²) in [5.41, 5.74) is 5.97. The molecule has 1 amide bonds. The lowest BCUT2D eigenvalue weighted by Crippen LogP contribution is -2.40. The molecule has 148 valence electrons. The standard InChI is InChI=1S/C21H27N5OS/c1-4-26-15(2)10-19(16(26)3)21(27)25-8-5-6-17(11-25)20-22-7-9-24(20)12-18-13-28-14-23-18/h7,9-10,13-14,17H,4-6,8,11-12H2,1-3H3. The molecule has 0 spiro atoms. The molecule has 1 unspecified atom stereocenters. The van der Waals surface area contributed by atoms with E-state index in [1.807, 2.05) is 35.8 Å². The van der Waals surface area contributed by atoms with Crippen molar-refractivity contribution in [1.29, 1.82) is 0 Å². The van der Waals surface area contributed by atoms with Crippen LogP contribution in [0, 0.1) is 13.8 Å². The van der Waals surface area contributed by atoms with Crippen molar-refractivity contribution in [3.8, 4) is 0 Å². The second-order valence-electron chi connectivity index (χ2n) is 7.51.